The van der Waals surface area contributed by atoms with Crippen molar-refractivity contribution in [1.82, 2.24) is 4.98 Å². The largest absolute Gasteiger partial charge is 0.493 e. The van der Waals surface area contributed by atoms with Crippen LogP contribution >= 0.6 is 0 Å². The highest BCUT2D eigenvalue weighted by Gasteiger charge is 2.11. The van der Waals surface area contributed by atoms with Gasteiger partial charge in [-0.3, -0.25) is 4.98 Å². The molecule has 0 aliphatic carbocycles. The van der Waals surface area contributed by atoms with E-state index < -0.39 is 0 Å². The maximum atomic E-state index is 5.34. The highest BCUT2D eigenvalue weighted by molar-refractivity contribution is 5.60. The Bertz CT molecular complexity index is 570. The molecule has 0 aliphatic heterocycles. The summed E-state index contributed by atoms with van der Waals surface area (Å²) in [6.45, 7) is 4.16. The summed E-state index contributed by atoms with van der Waals surface area (Å²) >= 11 is 0. The van der Waals surface area contributed by atoms with E-state index in [1.165, 1.54) is 5.56 Å². The molecule has 0 fully saturated rings. The maximum absolute atomic E-state index is 5.34. The van der Waals surface area contributed by atoms with Gasteiger partial charge >= 0.3 is 0 Å². The smallest absolute Gasteiger partial charge is 0.162 e. The molecule has 0 aliphatic rings. The summed E-state index contributed by atoms with van der Waals surface area (Å²) in [6.07, 6.45) is 3.60. The number of hydrogen-bond donors (Lipinski definition) is 1. The predicted octanol–water partition coefficient (Wildman–Crippen LogP) is 3.58. The van der Waals surface area contributed by atoms with E-state index in [9.17, 15) is 0 Å². The van der Waals surface area contributed by atoms with Gasteiger partial charge in [0.25, 0.3) is 0 Å². The molecule has 0 bridgehead atoms. The Balaban J connectivity index is 2.25. The Labute approximate surface area is 119 Å². The van der Waals surface area contributed by atoms with Crippen LogP contribution in [0.25, 0.3) is 0 Å². The molecule has 0 amide bonds. The standard InChI is InChI=1S/C16H20N2O2/c1-11-9-15(19-3)16(20-4)10-14(11)18-12(2)13-5-7-17-8-6-13/h5-10,12,18H,1-4H3. The molecule has 20 heavy (non-hydrogen) atoms. The number of hydrogen-bond acceptors (Lipinski definition) is 4. The van der Waals surface area contributed by atoms with Crippen LogP contribution < -0.4 is 14.8 Å². The SMILES string of the molecule is COc1cc(C)c(NC(C)c2ccncc2)cc1OC. The van der Waals surface area contributed by atoms with E-state index in [0.717, 1.165) is 22.7 Å². The van der Waals surface area contributed by atoms with Crippen LogP contribution in [0.15, 0.2) is 36.7 Å². The van der Waals surface area contributed by atoms with Crippen LogP contribution in [-0.2, 0) is 0 Å². The van der Waals surface area contributed by atoms with Crippen LogP contribution in [0.4, 0.5) is 5.69 Å². The Morgan fingerprint density at radius 2 is 1.65 bits per heavy atom. The van der Waals surface area contributed by atoms with Gasteiger partial charge in [0.15, 0.2) is 11.5 Å². The maximum Gasteiger partial charge on any atom is 0.162 e. The number of aromatic nitrogens is 1. The number of rotatable bonds is 5. The molecule has 0 radical (unpaired) electrons. The number of methoxy groups -OCH3 is 2. The molecule has 0 spiro atoms. The van der Waals surface area contributed by atoms with Crippen LogP contribution in [0.1, 0.15) is 24.1 Å². The lowest BCUT2D eigenvalue weighted by Gasteiger charge is -2.19. The molecular weight excluding hydrogens is 252 g/mol. The molecule has 4 nitrogen and oxygen atoms in total. The second-order valence-corrected chi connectivity index (χ2v) is 4.67. The van der Waals surface area contributed by atoms with Crippen molar-refractivity contribution in [3.8, 4) is 11.5 Å². The van der Waals surface area contributed by atoms with Crippen molar-refractivity contribution in [2.24, 2.45) is 0 Å². The third-order valence-electron chi connectivity index (χ3n) is 3.31. The summed E-state index contributed by atoms with van der Waals surface area (Å²) in [4.78, 5) is 4.04. The quantitative estimate of drug-likeness (QED) is 0.903. The zero-order valence-electron chi connectivity index (χ0n) is 12.3. The molecule has 1 heterocycles. The second kappa shape index (κ2) is 6.28. The molecule has 1 N–H and O–H groups in total. The Hall–Kier alpha value is -2.23. The van der Waals surface area contributed by atoms with Crippen LogP contribution in [0.2, 0.25) is 0 Å². The predicted molar refractivity (Wildman–Crippen MR) is 80.6 cm³/mol. The fourth-order valence-corrected chi connectivity index (χ4v) is 2.10. The van der Waals surface area contributed by atoms with Gasteiger partial charge in [0.2, 0.25) is 0 Å². The zero-order chi connectivity index (χ0) is 14.5. The number of ether oxygens (including phenoxy) is 2. The number of pyridine rings is 1. The average molecular weight is 272 g/mol. The summed E-state index contributed by atoms with van der Waals surface area (Å²) in [6, 6.07) is 8.14. The lowest BCUT2D eigenvalue weighted by Crippen LogP contribution is -2.08. The van der Waals surface area contributed by atoms with Gasteiger partial charge in [-0.05, 0) is 43.2 Å². The molecule has 1 atom stereocenters. The zero-order valence-corrected chi connectivity index (χ0v) is 12.3. The van der Waals surface area contributed by atoms with E-state index in [-0.39, 0.29) is 6.04 Å². The van der Waals surface area contributed by atoms with Gasteiger partial charge in [-0.15, -0.1) is 0 Å². The van der Waals surface area contributed by atoms with Crippen molar-refractivity contribution in [2.75, 3.05) is 19.5 Å². The first-order valence-electron chi connectivity index (χ1n) is 6.54. The van der Waals surface area contributed by atoms with E-state index >= 15 is 0 Å². The molecule has 1 unspecified atom stereocenters. The first-order chi connectivity index (χ1) is 9.65. The molecule has 0 saturated carbocycles. The third-order valence-corrected chi connectivity index (χ3v) is 3.31. The summed E-state index contributed by atoms with van der Waals surface area (Å²) in [5.74, 6) is 1.47. The molecule has 0 saturated heterocycles. The Morgan fingerprint density at radius 3 is 2.25 bits per heavy atom. The van der Waals surface area contributed by atoms with E-state index in [4.69, 9.17) is 9.47 Å². The highest BCUT2D eigenvalue weighted by atomic mass is 16.5. The van der Waals surface area contributed by atoms with Crippen LogP contribution in [0.5, 0.6) is 11.5 Å². The molecule has 1 aromatic heterocycles. The fraction of sp³-hybridized carbons (Fsp3) is 0.312. The van der Waals surface area contributed by atoms with E-state index in [0.29, 0.717) is 0 Å². The summed E-state index contributed by atoms with van der Waals surface area (Å²) in [5, 5.41) is 3.49. The first-order valence-corrected chi connectivity index (χ1v) is 6.54. The normalized spacial score (nSPS) is 11.8. The first kappa shape index (κ1) is 14.2. The van der Waals surface area contributed by atoms with Gasteiger partial charge in [-0.1, -0.05) is 0 Å². The number of nitrogens with zero attached hydrogens (tertiary/aromatic N) is 1. The van der Waals surface area contributed by atoms with Crippen molar-refractivity contribution in [2.45, 2.75) is 19.9 Å². The number of benzene rings is 1. The number of aryl methyl sites for hydroxylation is 1. The molecular formula is C16H20N2O2. The van der Waals surface area contributed by atoms with E-state index in [1.807, 2.05) is 31.2 Å². The number of anilines is 1. The molecule has 1 aromatic carbocycles. The fourth-order valence-electron chi connectivity index (χ4n) is 2.10. The minimum Gasteiger partial charge on any atom is -0.493 e. The lowest BCUT2D eigenvalue weighted by molar-refractivity contribution is 0.355. The minimum absolute atomic E-state index is 0.190. The Kier molecular flexibility index (Phi) is 4.45. The second-order valence-electron chi connectivity index (χ2n) is 4.67. The summed E-state index contributed by atoms with van der Waals surface area (Å²) in [7, 11) is 3.28. The topological polar surface area (TPSA) is 43.4 Å². The van der Waals surface area contributed by atoms with Crippen molar-refractivity contribution in [3.05, 3.63) is 47.8 Å². The number of nitrogens with one attached hydrogen (secondary N) is 1. The molecule has 2 aromatic rings. The van der Waals surface area contributed by atoms with Gasteiger partial charge in [0.1, 0.15) is 0 Å². The van der Waals surface area contributed by atoms with Crippen molar-refractivity contribution in [3.63, 3.8) is 0 Å². The van der Waals surface area contributed by atoms with E-state index in [2.05, 4.69) is 17.2 Å². The van der Waals surface area contributed by atoms with Crippen molar-refractivity contribution in [1.29, 1.82) is 0 Å². The monoisotopic (exact) mass is 272 g/mol. The third kappa shape index (κ3) is 3.02. The van der Waals surface area contributed by atoms with Gasteiger partial charge in [-0.2, -0.15) is 0 Å². The van der Waals surface area contributed by atoms with Crippen LogP contribution in [0, 0.1) is 6.92 Å². The Morgan fingerprint density at radius 1 is 1.05 bits per heavy atom. The van der Waals surface area contributed by atoms with Crippen LogP contribution in [-0.4, -0.2) is 19.2 Å². The highest BCUT2D eigenvalue weighted by Crippen LogP contribution is 2.34. The van der Waals surface area contributed by atoms with Gasteiger partial charge in [0.05, 0.1) is 14.2 Å². The van der Waals surface area contributed by atoms with Gasteiger partial charge in [-0.25, -0.2) is 0 Å². The molecule has 2 rings (SSSR count). The average Bonchev–Trinajstić information content (AvgIpc) is 2.49. The van der Waals surface area contributed by atoms with Crippen molar-refractivity contribution >= 4 is 5.69 Å². The summed E-state index contributed by atoms with van der Waals surface area (Å²) in [5.41, 5.74) is 3.34. The van der Waals surface area contributed by atoms with Crippen LogP contribution in [0.3, 0.4) is 0 Å². The van der Waals surface area contributed by atoms with E-state index in [1.54, 1.807) is 26.6 Å². The van der Waals surface area contributed by atoms with Gasteiger partial charge in [0, 0.05) is 30.2 Å². The molecule has 4 heteroatoms. The molecule has 106 valence electrons. The summed E-state index contributed by atoms with van der Waals surface area (Å²) < 4.78 is 10.6. The van der Waals surface area contributed by atoms with Gasteiger partial charge < -0.3 is 14.8 Å². The van der Waals surface area contributed by atoms with Crippen molar-refractivity contribution < 1.29 is 9.47 Å². The lowest BCUT2D eigenvalue weighted by atomic mass is 10.1. The minimum atomic E-state index is 0.190.